The Morgan fingerprint density at radius 1 is 1.22 bits per heavy atom. The number of amidine groups is 1. The highest BCUT2D eigenvalue weighted by molar-refractivity contribution is 8.15. The van der Waals surface area contributed by atoms with Gasteiger partial charge < -0.3 is 4.90 Å². The third-order valence-corrected chi connectivity index (χ3v) is 9.09. The number of rotatable bonds is 4. The number of hydrogen-bond donors (Lipinski definition) is 0. The van der Waals surface area contributed by atoms with Crippen molar-refractivity contribution in [2.45, 2.75) is 24.3 Å². The molecule has 1 aromatic carbocycles. The molecule has 2 fully saturated rings. The Morgan fingerprint density at radius 2 is 2.04 bits per heavy atom. The molecule has 4 rings (SSSR count). The lowest BCUT2D eigenvalue weighted by molar-refractivity contribution is -0.117. The number of aliphatic imine (C=N–C) groups is 1. The Bertz CT molecular complexity index is 989. The molecule has 1 aromatic heterocycles. The summed E-state index contributed by atoms with van der Waals surface area (Å²) in [5.74, 6) is -0.000773. The summed E-state index contributed by atoms with van der Waals surface area (Å²) in [4.78, 5) is 19.6. The van der Waals surface area contributed by atoms with Gasteiger partial charge in [0.05, 0.1) is 24.0 Å². The van der Waals surface area contributed by atoms with E-state index in [9.17, 15) is 13.2 Å². The maximum Gasteiger partial charge on any atom is 0.253 e. The van der Waals surface area contributed by atoms with Crippen LogP contribution >= 0.6 is 34.7 Å². The molecule has 0 radical (unpaired) electrons. The van der Waals surface area contributed by atoms with Crippen LogP contribution in [0.25, 0.3) is 0 Å². The van der Waals surface area contributed by atoms with Crippen molar-refractivity contribution in [2.75, 3.05) is 11.5 Å². The number of halogens is 1. The molecule has 2 aliphatic heterocycles. The van der Waals surface area contributed by atoms with Gasteiger partial charge in [-0.25, -0.2) is 8.42 Å². The lowest BCUT2D eigenvalue weighted by atomic mass is 10.1. The second-order valence-corrected chi connectivity index (χ2v) is 11.4. The highest BCUT2D eigenvalue weighted by Crippen LogP contribution is 2.39. The minimum atomic E-state index is -3.07. The number of carbonyl (C=O) groups is 1. The van der Waals surface area contributed by atoms with Gasteiger partial charge in [-0.05, 0) is 23.1 Å². The van der Waals surface area contributed by atoms with Crippen molar-refractivity contribution < 1.29 is 13.2 Å². The van der Waals surface area contributed by atoms with E-state index in [-0.39, 0.29) is 35.1 Å². The molecule has 0 spiro atoms. The van der Waals surface area contributed by atoms with Crippen LogP contribution in [0.3, 0.4) is 0 Å². The van der Waals surface area contributed by atoms with Crippen LogP contribution in [0.2, 0.25) is 5.02 Å². The van der Waals surface area contributed by atoms with Crippen molar-refractivity contribution in [3.63, 3.8) is 0 Å². The van der Waals surface area contributed by atoms with E-state index in [2.05, 4.69) is 4.99 Å². The molecule has 0 saturated carbocycles. The van der Waals surface area contributed by atoms with Crippen LogP contribution in [0, 0.1) is 0 Å². The first-order valence-electron chi connectivity index (χ1n) is 8.42. The summed E-state index contributed by atoms with van der Waals surface area (Å²) in [6.45, 7) is 0.439. The van der Waals surface area contributed by atoms with Crippen molar-refractivity contribution >= 4 is 55.6 Å². The Kier molecular flexibility index (Phi) is 5.33. The fourth-order valence-electron chi connectivity index (χ4n) is 3.34. The molecule has 2 aromatic rings. The zero-order valence-electron chi connectivity index (χ0n) is 14.2. The van der Waals surface area contributed by atoms with Crippen LogP contribution in [0.4, 0.5) is 0 Å². The molecule has 2 aliphatic rings. The van der Waals surface area contributed by atoms with Gasteiger partial charge in [0, 0.05) is 21.7 Å². The van der Waals surface area contributed by atoms with Crippen molar-refractivity contribution in [1.29, 1.82) is 0 Å². The molecule has 27 heavy (non-hydrogen) atoms. The summed E-state index contributed by atoms with van der Waals surface area (Å²) in [7, 11) is -3.07. The number of sulfone groups is 1. The summed E-state index contributed by atoms with van der Waals surface area (Å²) in [5.41, 5.74) is 0.892. The predicted octanol–water partition coefficient (Wildman–Crippen LogP) is 3.24. The van der Waals surface area contributed by atoms with Crippen LogP contribution in [-0.4, -0.2) is 47.2 Å². The average Bonchev–Trinajstić information content (AvgIpc) is 3.27. The minimum absolute atomic E-state index is 0.0905. The zero-order valence-corrected chi connectivity index (χ0v) is 17.5. The first-order chi connectivity index (χ1) is 12.9. The lowest BCUT2D eigenvalue weighted by Crippen LogP contribution is -2.37. The van der Waals surface area contributed by atoms with Crippen molar-refractivity contribution in [3.8, 4) is 0 Å². The highest BCUT2D eigenvalue weighted by atomic mass is 35.5. The van der Waals surface area contributed by atoms with Gasteiger partial charge >= 0.3 is 0 Å². The fraction of sp³-hybridized carbons (Fsp3) is 0.333. The van der Waals surface area contributed by atoms with Crippen LogP contribution in [0.1, 0.15) is 10.4 Å². The molecule has 2 saturated heterocycles. The van der Waals surface area contributed by atoms with Gasteiger partial charge in [-0.1, -0.05) is 47.6 Å². The molecule has 3 heterocycles. The molecule has 0 aliphatic carbocycles. The lowest BCUT2D eigenvalue weighted by Gasteiger charge is -2.24. The van der Waals surface area contributed by atoms with Crippen LogP contribution in [-0.2, 0) is 27.6 Å². The fourth-order valence-corrected chi connectivity index (χ4v) is 8.20. The Hall–Kier alpha value is -1.35. The number of hydrogen-bond acceptors (Lipinski definition) is 5. The molecule has 0 bridgehead atoms. The van der Waals surface area contributed by atoms with Crippen LogP contribution in [0.5, 0.6) is 0 Å². The minimum Gasteiger partial charge on any atom is -0.342 e. The van der Waals surface area contributed by atoms with Gasteiger partial charge in [-0.2, -0.15) is 4.99 Å². The van der Waals surface area contributed by atoms with Gasteiger partial charge in [0.2, 0.25) is 0 Å². The van der Waals surface area contributed by atoms with Crippen molar-refractivity contribution in [3.05, 3.63) is 57.2 Å². The topological polar surface area (TPSA) is 66.8 Å². The number of nitrogens with zero attached hydrogens (tertiary/aromatic N) is 2. The third kappa shape index (κ3) is 4.23. The second kappa shape index (κ2) is 7.58. The smallest absolute Gasteiger partial charge is 0.253 e. The summed E-state index contributed by atoms with van der Waals surface area (Å²) in [6, 6.07) is 11.1. The van der Waals surface area contributed by atoms with E-state index in [1.807, 2.05) is 46.7 Å². The Labute approximate surface area is 171 Å². The van der Waals surface area contributed by atoms with Gasteiger partial charge in [-0.3, -0.25) is 4.79 Å². The van der Waals surface area contributed by atoms with E-state index in [1.165, 1.54) is 23.1 Å². The average molecular weight is 441 g/mol. The number of thiophene rings is 1. The van der Waals surface area contributed by atoms with Gasteiger partial charge in [0.1, 0.15) is 0 Å². The van der Waals surface area contributed by atoms with Gasteiger partial charge in [-0.15, -0.1) is 11.3 Å². The Morgan fingerprint density at radius 3 is 2.78 bits per heavy atom. The largest absolute Gasteiger partial charge is 0.342 e. The molecule has 142 valence electrons. The first kappa shape index (κ1) is 19.0. The molecule has 2 atom stereocenters. The summed E-state index contributed by atoms with van der Waals surface area (Å²) < 4.78 is 24.2. The number of amides is 1. The van der Waals surface area contributed by atoms with E-state index >= 15 is 0 Å². The predicted molar refractivity (Wildman–Crippen MR) is 111 cm³/mol. The maximum absolute atomic E-state index is 12.4. The van der Waals surface area contributed by atoms with Crippen LogP contribution in [0.15, 0.2) is 46.8 Å². The van der Waals surface area contributed by atoms with Crippen LogP contribution < -0.4 is 0 Å². The highest BCUT2D eigenvalue weighted by Gasteiger charge is 2.48. The molecule has 0 N–H and O–H groups in total. The number of carbonyl (C=O) groups excluding carboxylic acids is 1. The molecule has 9 heteroatoms. The normalized spacial score (nSPS) is 25.1. The monoisotopic (exact) mass is 440 g/mol. The van der Waals surface area contributed by atoms with E-state index in [4.69, 9.17) is 11.6 Å². The van der Waals surface area contributed by atoms with E-state index in [0.29, 0.717) is 16.7 Å². The first-order valence-corrected chi connectivity index (χ1v) is 12.4. The zero-order chi connectivity index (χ0) is 19.0. The quantitative estimate of drug-likeness (QED) is 0.730. The van der Waals surface area contributed by atoms with Gasteiger partial charge in [0.15, 0.2) is 15.0 Å². The summed E-state index contributed by atoms with van der Waals surface area (Å²) in [6.07, 6.45) is 0.259. The molecule has 5 nitrogen and oxygen atoms in total. The van der Waals surface area contributed by atoms with E-state index < -0.39 is 9.84 Å². The maximum atomic E-state index is 12.4. The van der Waals surface area contributed by atoms with Crippen molar-refractivity contribution in [2.24, 2.45) is 4.99 Å². The molecular weight excluding hydrogens is 424 g/mol. The van der Waals surface area contributed by atoms with E-state index in [1.54, 1.807) is 0 Å². The Balaban J connectivity index is 1.60. The van der Waals surface area contributed by atoms with Gasteiger partial charge in [0.25, 0.3) is 5.91 Å². The third-order valence-electron chi connectivity index (χ3n) is 4.60. The standard InChI is InChI=1S/C18H17ClN2O3S3/c19-14-6-2-1-4-12(14)9-21-15-10-27(23,24)11-16(15)26-18(21)20-17(22)8-13-5-3-7-25-13/h1-7,15-16H,8-11H2/t15-,16-/m1/s1. The van der Waals surface area contributed by atoms with Crippen molar-refractivity contribution in [1.82, 2.24) is 4.90 Å². The summed E-state index contributed by atoms with van der Waals surface area (Å²) >= 11 is 9.21. The number of fused-ring (bicyclic) bond motifs is 1. The summed E-state index contributed by atoms with van der Waals surface area (Å²) in [5, 5.41) is 3.06. The van der Waals surface area contributed by atoms with E-state index in [0.717, 1.165) is 10.4 Å². The molecule has 0 unspecified atom stereocenters. The second-order valence-electron chi connectivity index (χ2n) is 6.56. The molecular formula is C18H17ClN2O3S3. The SMILES string of the molecule is O=C(Cc1cccs1)N=C1S[C@@H]2CS(=O)(=O)C[C@H]2N1Cc1ccccc1Cl. The number of benzene rings is 1. The molecule has 1 amide bonds. The number of thioether (sulfide) groups is 1.